The van der Waals surface area contributed by atoms with Crippen molar-refractivity contribution in [3.63, 3.8) is 0 Å². The molecule has 1 aliphatic rings. The van der Waals surface area contributed by atoms with Gasteiger partial charge in [-0.25, -0.2) is 0 Å². The van der Waals surface area contributed by atoms with Gasteiger partial charge in [0.1, 0.15) is 0 Å². The fourth-order valence-corrected chi connectivity index (χ4v) is 1.93. The molecule has 0 heterocycles. The predicted molar refractivity (Wildman–Crippen MR) is 52.0 cm³/mol. The number of aliphatic hydroxyl groups excluding tert-OH is 1. The summed E-state index contributed by atoms with van der Waals surface area (Å²) in [6.07, 6.45) is 11.4. The lowest BCUT2D eigenvalue weighted by Crippen LogP contribution is -2.17. The van der Waals surface area contributed by atoms with E-state index in [9.17, 15) is 5.11 Å². The molecule has 1 aliphatic carbocycles. The molecule has 0 bridgehead atoms. The average molecular weight is 168 g/mol. The van der Waals surface area contributed by atoms with Crippen molar-refractivity contribution in [2.45, 2.75) is 51.6 Å². The van der Waals surface area contributed by atoms with Crippen LogP contribution in [0.2, 0.25) is 0 Å². The highest BCUT2D eigenvalue weighted by molar-refractivity contribution is 4.79. The van der Waals surface area contributed by atoms with Crippen molar-refractivity contribution in [2.75, 3.05) is 0 Å². The molecule has 0 amide bonds. The number of aliphatic hydroxyl groups is 1. The van der Waals surface area contributed by atoms with E-state index in [-0.39, 0.29) is 6.10 Å². The monoisotopic (exact) mass is 168 g/mol. The van der Waals surface area contributed by atoms with Crippen molar-refractivity contribution >= 4 is 0 Å². The Morgan fingerprint density at radius 3 is 2.50 bits per heavy atom. The van der Waals surface area contributed by atoms with E-state index in [1.165, 1.54) is 25.7 Å². The lowest BCUT2D eigenvalue weighted by atomic mass is 9.84. The van der Waals surface area contributed by atoms with Gasteiger partial charge in [-0.1, -0.05) is 12.2 Å². The lowest BCUT2D eigenvalue weighted by molar-refractivity contribution is 0.107. The minimum Gasteiger partial charge on any atom is -0.393 e. The Morgan fingerprint density at radius 1 is 1.25 bits per heavy atom. The number of hydrogen-bond acceptors (Lipinski definition) is 1. The molecule has 1 rings (SSSR count). The van der Waals surface area contributed by atoms with Gasteiger partial charge in [0.2, 0.25) is 0 Å². The standard InChI is InChI=1S/C11H20O/c1-2-3-4-5-10-6-8-11(12)9-7-10/h2-3,10-12H,4-9H2,1H3/b3-2+. The molecule has 0 unspecified atom stereocenters. The maximum atomic E-state index is 9.28. The second-order valence-corrected chi connectivity index (χ2v) is 3.82. The van der Waals surface area contributed by atoms with E-state index in [0.717, 1.165) is 18.8 Å². The lowest BCUT2D eigenvalue weighted by Gasteiger charge is -2.24. The predicted octanol–water partition coefficient (Wildman–Crippen LogP) is 2.89. The van der Waals surface area contributed by atoms with Crippen LogP contribution in [0, 0.1) is 5.92 Å². The van der Waals surface area contributed by atoms with E-state index in [2.05, 4.69) is 19.1 Å². The van der Waals surface area contributed by atoms with E-state index in [4.69, 9.17) is 0 Å². The molecule has 0 aromatic carbocycles. The number of rotatable bonds is 3. The molecule has 0 atom stereocenters. The van der Waals surface area contributed by atoms with E-state index in [0.29, 0.717) is 0 Å². The van der Waals surface area contributed by atoms with Gasteiger partial charge in [-0.05, 0) is 51.4 Å². The Balaban J connectivity index is 2.09. The summed E-state index contributed by atoms with van der Waals surface area (Å²) in [5, 5.41) is 9.28. The van der Waals surface area contributed by atoms with Crippen LogP contribution in [0.5, 0.6) is 0 Å². The molecule has 12 heavy (non-hydrogen) atoms. The van der Waals surface area contributed by atoms with Gasteiger partial charge >= 0.3 is 0 Å². The molecule has 0 aromatic heterocycles. The minimum absolute atomic E-state index is 0.00275. The van der Waals surface area contributed by atoms with E-state index < -0.39 is 0 Å². The molecule has 1 fully saturated rings. The highest BCUT2D eigenvalue weighted by Gasteiger charge is 2.18. The van der Waals surface area contributed by atoms with Crippen LogP contribution >= 0.6 is 0 Å². The topological polar surface area (TPSA) is 20.2 Å². The smallest absolute Gasteiger partial charge is 0.0540 e. The van der Waals surface area contributed by atoms with Gasteiger partial charge < -0.3 is 5.11 Å². The zero-order chi connectivity index (χ0) is 8.81. The van der Waals surface area contributed by atoms with E-state index in [1.54, 1.807) is 0 Å². The molecule has 1 N–H and O–H groups in total. The van der Waals surface area contributed by atoms with Gasteiger partial charge in [0, 0.05) is 0 Å². The summed E-state index contributed by atoms with van der Waals surface area (Å²) in [5.74, 6) is 0.879. The van der Waals surface area contributed by atoms with Gasteiger partial charge in [0.25, 0.3) is 0 Å². The molecule has 1 saturated carbocycles. The first kappa shape index (κ1) is 9.79. The zero-order valence-corrected chi connectivity index (χ0v) is 8.00. The fraction of sp³-hybridized carbons (Fsp3) is 0.818. The summed E-state index contributed by atoms with van der Waals surface area (Å²) in [7, 11) is 0. The third-order valence-electron chi connectivity index (χ3n) is 2.79. The second kappa shape index (κ2) is 5.36. The first-order valence-corrected chi connectivity index (χ1v) is 5.12. The molecular weight excluding hydrogens is 148 g/mol. The summed E-state index contributed by atoms with van der Waals surface area (Å²) in [4.78, 5) is 0. The Hall–Kier alpha value is -0.300. The second-order valence-electron chi connectivity index (χ2n) is 3.82. The maximum Gasteiger partial charge on any atom is 0.0540 e. The van der Waals surface area contributed by atoms with Crippen molar-refractivity contribution in [3.05, 3.63) is 12.2 Å². The van der Waals surface area contributed by atoms with Crippen molar-refractivity contribution in [3.8, 4) is 0 Å². The first-order chi connectivity index (χ1) is 5.83. The highest BCUT2D eigenvalue weighted by atomic mass is 16.3. The summed E-state index contributed by atoms with van der Waals surface area (Å²) < 4.78 is 0. The van der Waals surface area contributed by atoms with Crippen molar-refractivity contribution in [1.29, 1.82) is 0 Å². The third-order valence-corrected chi connectivity index (χ3v) is 2.79. The highest BCUT2D eigenvalue weighted by Crippen LogP contribution is 2.27. The van der Waals surface area contributed by atoms with Crippen LogP contribution in [-0.2, 0) is 0 Å². The van der Waals surface area contributed by atoms with Crippen LogP contribution in [0.4, 0.5) is 0 Å². The number of allylic oxidation sites excluding steroid dienone is 2. The largest absolute Gasteiger partial charge is 0.393 e. The zero-order valence-electron chi connectivity index (χ0n) is 8.00. The minimum atomic E-state index is 0.00275. The van der Waals surface area contributed by atoms with E-state index >= 15 is 0 Å². The maximum absolute atomic E-state index is 9.28. The Bertz CT molecular complexity index is 132. The van der Waals surface area contributed by atoms with Crippen LogP contribution in [0.1, 0.15) is 45.4 Å². The molecule has 1 nitrogen and oxygen atoms in total. The van der Waals surface area contributed by atoms with Crippen molar-refractivity contribution < 1.29 is 5.11 Å². The Labute approximate surface area is 75.5 Å². The first-order valence-electron chi connectivity index (χ1n) is 5.12. The third kappa shape index (κ3) is 3.40. The SMILES string of the molecule is C/C=C/CCC1CCC(O)CC1. The van der Waals surface area contributed by atoms with Crippen molar-refractivity contribution in [2.24, 2.45) is 5.92 Å². The Kier molecular flexibility index (Phi) is 4.37. The summed E-state index contributed by atoms with van der Waals surface area (Å²) in [5.41, 5.74) is 0. The Morgan fingerprint density at radius 2 is 1.92 bits per heavy atom. The molecule has 1 heteroatoms. The van der Waals surface area contributed by atoms with Crippen LogP contribution in [0.25, 0.3) is 0 Å². The van der Waals surface area contributed by atoms with Gasteiger partial charge in [0.05, 0.1) is 6.10 Å². The van der Waals surface area contributed by atoms with Gasteiger partial charge in [-0.2, -0.15) is 0 Å². The van der Waals surface area contributed by atoms with Gasteiger partial charge in [0.15, 0.2) is 0 Å². The van der Waals surface area contributed by atoms with Crippen molar-refractivity contribution in [1.82, 2.24) is 0 Å². The van der Waals surface area contributed by atoms with Gasteiger partial charge in [-0.15, -0.1) is 0 Å². The number of hydrogen-bond donors (Lipinski definition) is 1. The van der Waals surface area contributed by atoms with Crippen LogP contribution < -0.4 is 0 Å². The quantitative estimate of drug-likeness (QED) is 0.642. The molecule has 0 saturated heterocycles. The van der Waals surface area contributed by atoms with Crippen LogP contribution in [0.3, 0.4) is 0 Å². The molecular formula is C11H20O. The summed E-state index contributed by atoms with van der Waals surface area (Å²) in [6, 6.07) is 0. The molecule has 0 aromatic rings. The molecule has 0 aliphatic heterocycles. The molecule has 70 valence electrons. The van der Waals surface area contributed by atoms with Gasteiger partial charge in [-0.3, -0.25) is 0 Å². The molecule has 0 spiro atoms. The summed E-state index contributed by atoms with van der Waals surface area (Å²) in [6.45, 7) is 2.07. The molecule has 0 radical (unpaired) electrons. The van der Waals surface area contributed by atoms with Crippen LogP contribution in [0.15, 0.2) is 12.2 Å². The average Bonchev–Trinajstić information content (AvgIpc) is 2.09. The summed E-state index contributed by atoms with van der Waals surface area (Å²) >= 11 is 0. The van der Waals surface area contributed by atoms with Crippen LogP contribution in [-0.4, -0.2) is 11.2 Å². The van der Waals surface area contributed by atoms with E-state index in [1.807, 2.05) is 0 Å². The normalized spacial score (nSPS) is 31.2. The fourth-order valence-electron chi connectivity index (χ4n) is 1.93.